The van der Waals surface area contributed by atoms with Crippen LogP contribution in [0.5, 0.6) is 0 Å². The highest BCUT2D eigenvalue weighted by Gasteiger charge is 2.31. The van der Waals surface area contributed by atoms with Crippen molar-refractivity contribution in [1.82, 2.24) is 4.90 Å². The molecule has 1 atom stereocenters. The lowest BCUT2D eigenvalue weighted by atomic mass is 9.93. The van der Waals surface area contributed by atoms with E-state index >= 15 is 0 Å². The Kier molecular flexibility index (Phi) is 3.89. The third-order valence-electron chi connectivity index (χ3n) is 3.51. The van der Waals surface area contributed by atoms with Crippen LogP contribution in [0.25, 0.3) is 0 Å². The smallest absolute Gasteiger partial charge is 0.410 e. The molecule has 6 heteroatoms. The van der Waals surface area contributed by atoms with Crippen molar-refractivity contribution in [3.63, 3.8) is 0 Å². The molecule has 1 aromatic carbocycles. The van der Waals surface area contributed by atoms with Gasteiger partial charge in [-0.2, -0.15) is 0 Å². The summed E-state index contributed by atoms with van der Waals surface area (Å²) in [5.74, 6) is 0. The Morgan fingerprint density at radius 2 is 2.10 bits per heavy atom. The maximum absolute atomic E-state index is 12.2. The fourth-order valence-electron chi connectivity index (χ4n) is 2.48. The van der Waals surface area contributed by atoms with Crippen LogP contribution >= 0.6 is 0 Å². The van der Waals surface area contributed by atoms with Crippen LogP contribution in [0.3, 0.4) is 0 Å². The van der Waals surface area contributed by atoms with Gasteiger partial charge >= 0.3 is 6.09 Å². The summed E-state index contributed by atoms with van der Waals surface area (Å²) in [6, 6.07) is 4.60. The average molecular weight is 292 g/mol. The standard InChI is InChI=1S/C15H20N2O4/c1-10-13-9-12(17(19)20)6-5-11(13)7-8-16(10)14(18)21-15(2,3)4/h5-6,9-10H,7-8H2,1-4H3/t10-/m0/s1. The second kappa shape index (κ2) is 5.35. The lowest BCUT2D eigenvalue weighted by molar-refractivity contribution is -0.385. The van der Waals surface area contributed by atoms with Crippen LogP contribution in [0.2, 0.25) is 0 Å². The Hall–Kier alpha value is -2.11. The summed E-state index contributed by atoms with van der Waals surface area (Å²) >= 11 is 0. The molecule has 0 bridgehead atoms. The van der Waals surface area contributed by atoms with Crippen LogP contribution in [0, 0.1) is 10.1 Å². The molecule has 0 unspecified atom stereocenters. The molecule has 1 aliphatic rings. The Balaban J connectivity index is 2.26. The third kappa shape index (κ3) is 3.32. The lowest BCUT2D eigenvalue weighted by Crippen LogP contribution is -2.42. The normalized spacial score (nSPS) is 18.1. The molecular formula is C15H20N2O4. The molecule has 0 aliphatic carbocycles. The summed E-state index contributed by atoms with van der Waals surface area (Å²) in [6.45, 7) is 7.88. The van der Waals surface area contributed by atoms with Crippen LogP contribution in [0.15, 0.2) is 18.2 Å². The fraction of sp³-hybridized carbons (Fsp3) is 0.533. The number of ether oxygens (including phenoxy) is 1. The van der Waals surface area contributed by atoms with E-state index < -0.39 is 10.5 Å². The molecule has 0 spiro atoms. The topological polar surface area (TPSA) is 72.7 Å². The molecule has 0 saturated heterocycles. The van der Waals surface area contributed by atoms with Crippen LogP contribution < -0.4 is 0 Å². The number of nitro groups is 1. The molecule has 21 heavy (non-hydrogen) atoms. The van der Waals surface area contributed by atoms with Gasteiger partial charge in [0.25, 0.3) is 5.69 Å². The molecule has 1 aliphatic heterocycles. The second-order valence-electron chi connectivity index (χ2n) is 6.24. The van der Waals surface area contributed by atoms with Crippen molar-refractivity contribution < 1.29 is 14.5 Å². The number of benzene rings is 1. The zero-order valence-electron chi connectivity index (χ0n) is 12.8. The van der Waals surface area contributed by atoms with Crippen LogP contribution in [0.1, 0.15) is 44.9 Å². The first kappa shape index (κ1) is 15.3. The summed E-state index contributed by atoms with van der Waals surface area (Å²) in [4.78, 5) is 24.3. The van der Waals surface area contributed by atoms with E-state index in [9.17, 15) is 14.9 Å². The minimum absolute atomic E-state index is 0.0478. The van der Waals surface area contributed by atoms with Gasteiger partial charge in [0, 0.05) is 18.7 Å². The lowest BCUT2D eigenvalue weighted by Gasteiger charge is -2.36. The number of carbonyl (C=O) groups is 1. The number of non-ortho nitro benzene ring substituents is 1. The van der Waals surface area contributed by atoms with Crippen molar-refractivity contribution in [1.29, 1.82) is 0 Å². The summed E-state index contributed by atoms with van der Waals surface area (Å²) in [5, 5.41) is 10.9. The minimum Gasteiger partial charge on any atom is -0.444 e. The van der Waals surface area contributed by atoms with Gasteiger partial charge in [-0.25, -0.2) is 4.79 Å². The quantitative estimate of drug-likeness (QED) is 0.587. The van der Waals surface area contributed by atoms with Gasteiger partial charge in [0.1, 0.15) is 5.60 Å². The maximum atomic E-state index is 12.2. The predicted molar refractivity (Wildman–Crippen MR) is 78.2 cm³/mol. The molecule has 1 heterocycles. The van der Waals surface area contributed by atoms with Gasteiger partial charge in [-0.15, -0.1) is 0 Å². The molecular weight excluding hydrogens is 272 g/mol. The molecule has 0 radical (unpaired) electrons. The summed E-state index contributed by atoms with van der Waals surface area (Å²) < 4.78 is 5.39. The van der Waals surface area contributed by atoms with E-state index in [0.29, 0.717) is 13.0 Å². The molecule has 0 saturated carbocycles. The molecule has 1 aromatic rings. The zero-order chi connectivity index (χ0) is 15.8. The largest absolute Gasteiger partial charge is 0.444 e. The van der Waals surface area contributed by atoms with Crippen molar-refractivity contribution in [3.05, 3.63) is 39.4 Å². The molecule has 2 rings (SSSR count). The van der Waals surface area contributed by atoms with Gasteiger partial charge in [0.2, 0.25) is 0 Å². The van der Waals surface area contributed by atoms with Gasteiger partial charge in [0.15, 0.2) is 0 Å². The molecule has 0 fully saturated rings. The van der Waals surface area contributed by atoms with Gasteiger partial charge in [0.05, 0.1) is 11.0 Å². The number of nitro benzene ring substituents is 1. The Morgan fingerprint density at radius 1 is 1.43 bits per heavy atom. The van der Waals surface area contributed by atoms with Crippen molar-refractivity contribution >= 4 is 11.8 Å². The van der Waals surface area contributed by atoms with Gasteiger partial charge in [-0.1, -0.05) is 6.07 Å². The highest BCUT2D eigenvalue weighted by Crippen LogP contribution is 2.32. The summed E-state index contributed by atoms with van der Waals surface area (Å²) in [7, 11) is 0. The van der Waals surface area contributed by atoms with Crippen LogP contribution in [0.4, 0.5) is 10.5 Å². The zero-order valence-corrected chi connectivity index (χ0v) is 12.8. The van der Waals surface area contributed by atoms with Gasteiger partial charge < -0.3 is 9.64 Å². The summed E-state index contributed by atoms with van der Waals surface area (Å²) in [6.07, 6.45) is 0.295. The Bertz CT molecular complexity index is 578. The fourth-order valence-corrected chi connectivity index (χ4v) is 2.48. The molecule has 6 nitrogen and oxygen atoms in total. The molecule has 0 N–H and O–H groups in total. The molecule has 1 amide bonds. The first-order chi connectivity index (χ1) is 9.69. The van der Waals surface area contributed by atoms with Crippen molar-refractivity contribution in [2.24, 2.45) is 0 Å². The predicted octanol–water partition coefficient (Wildman–Crippen LogP) is 3.45. The summed E-state index contributed by atoms with van der Waals surface area (Å²) in [5.41, 5.74) is 1.36. The van der Waals surface area contributed by atoms with E-state index in [4.69, 9.17) is 4.74 Å². The first-order valence-electron chi connectivity index (χ1n) is 6.96. The van der Waals surface area contributed by atoms with E-state index in [1.54, 1.807) is 17.0 Å². The Morgan fingerprint density at radius 3 is 2.67 bits per heavy atom. The number of amides is 1. The van der Waals surface area contributed by atoms with Gasteiger partial charge in [-0.05, 0) is 45.2 Å². The van der Waals surface area contributed by atoms with E-state index in [1.807, 2.05) is 27.7 Å². The van der Waals surface area contributed by atoms with E-state index in [1.165, 1.54) is 6.07 Å². The molecule has 0 aromatic heterocycles. The number of nitrogens with zero attached hydrogens (tertiary/aromatic N) is 2. The number of hydrogen-bond donors (Lipinski definition) is 0. The highest BCUT2D eigenvalue weighted by atomic mass is 16.6. The number of carbonyl (C=O) groups excluding carboxylic acids is 1. The van der Waals surface area contributed by atoms with Gasteiger partial charge in [-0.3, -0.25) is 10.1 Å². The molecule has 114 valence electrons. The maximum Gasteiger partial charge on any atom is 0.410 e. The Labute approximate surface area is 123 Å². The second-order valence-corrected chi connectivity index (χ2v) is 6.24. The average Bonchev–Trinajstić information content (AvgIpc) is 2.36. The van der Waals surface area contributed by atoms with Crippen molar-refractivity contribution in [3.8, 4) is 0 Å². The number of hydrogen-bond acceptors (Lipinski definition) is 4. The van der Waals surface area contributed by atoms with E-state index in [0.717, 1.165) is 11.1 Å². The van der Waals surface area contributed by atoms with Crippen LogP contribution in [-0.2, 0) is 11.2 Å². The van der Waals surface area contributed by atoms with E-state index in [2.05, 4.69) is 0 Å². The SMILES string of the molecule is C[C@H]1c2cc([N+](=O)[O-])ccc2CCN1C(=O)OC(C)(C)C. The number of rotatable bonds is 1. The number of fused-ring (bicyclic) bond motifs is 1. The monoisotopic (exact) mass is 292 g/mol. The first-order valence-corrected chi connectivity index (χ1v) is 6.96. The van der Waals surface area contributed by atoms with Crippen molar-refractivity contribution in [2.75, 3.05) is 6.54 Å². The van der Waals surface area contributed by atoms with Crippen LogP contribution in [-0.4, -0.2) is 28.1 Å². The van der Waals surface area contributed by atoms with Crippen molar-refractivity contribution in [2.45, 2.75) is 45.8 Å². The third-order valence-corrected chi connectivity index (χ3v) is 3.51. The highest BCUT2D eigenvalue weighted by molar-refractivity contribution is 5.69. The minimum atomic E-state index is -0.556. The van der Waals surface area contributed by atoms with E-state index in [-0.39, 0.29) is 17.8 Å².